The Balaban J connectivity index is 1.48. The number of amides is 1. The highest BCUT2D eigenvalue weighted by atomic mass is 35.5. The molecule has 3 rings (SSSR count). The summed E-state index contributed by atoms with van der Waals surface area (Å²) < 4.78 is 5.21. The van der Waals surface area contributed by atoms with Gasteiger partial charge >= 0.3 is 4.87 Å². The standard InChI is InChI=1S/C21H21ClN2O4S/c1-28-17-9-8-15(22)12-16(17)19(25)23-10-2-3-13-4-6-14(7-5-13)11-18-20(26)24-21(27)29-18/h4-9,12,26H,2-3,10-11H2,1H3,(H,23,25)(H,24,27). The summed E-state index contributed by atoms with van der Waals surface area (Å²) in [7, 11) is 1.52. The molecule has 0 unspecified atom stereocenters. The molecule has 8 heteroatoms. The maximum absolute atomic E-state index is 12.3. The molecule has 1 amide bonds. The molecule has 0 aliphatic heterocycles. The van der Waals surface area contributed by atoms with Crippen LogP contribution in [0.5, 0.6) is 11.6 Å². The largest absolute Gasteiger partial charge is 0.496 e. The van der Waals surface area contributed by atoms with Crippen LogP contribution in [0.2, 0.25) is 5.02 Å². The van der Waals surface area contributed by atoms with Gasteiger partial charge in [-0.15, -0.1) is 0 Å². The summed E-state index contributed by atoms with van der Waals surface area (Å²) in [5, 5.41) is 13.0. The summed E-state index contributed by atoms with van der Waals surface area (Å²) in [5.41, 5.74) is 2.58. The highest BCUT2D eigenvalue weighted by molar-refractivity contribution is 7.09. The first kappa shape index (κ1) is 21.0. The van der Waals surface area contributed by atoms with Crippen molar-refractivity contribution in [2.24, 2.45) is 0 Å². The molecule has 2 aromatic carbocycles. The van der Waals surface area contributed by atoms with Crippen molar-refractivity contribution in [1.29, 1.82) is 0 Å². The van der Waals surface area contributed by atoms with E-state index in [-0.39, 0.29) is 16.7 Å². The van der Waals surface area contributed by atoms with Crippen LogP contribution in [-0.4, -0.2) is 29.7 Å². The van der Waals surface area contributed by atoms with Crippen molar-refractivity contribution in [1.82, 2.24) is 10.3 Å². The number of aromatic hydroxyl groups is 1. The molecule has 0 aliphatic carbocycles. The number of aryl methyl sites for hydroxylation is 1. The Bertz CT molecular complexity index is 1040. The van der Waals surface area contributed by atoms with E-state index in [1.165, 1.54) is 7.11 Å². The average molecular weight is 433 g/mol. The van der Waals surface area contributed by atoms with E-state index in [2.05, 4.69) is 10.3 Å². The molecule has 29 heavy (non-hydrogen) atoms. The quantitative estimate of drug-likeness (QED) is 0.472. The Morgan fingerprint density at radius 3 is 2.59 bits per heavy atom. The first-order valence-corrected chi connectivity index (χ1v) is 10.3. The molecule has 0 aliphatic rings. The van der Waals surface area contributed by atoms with E-state index >= 15 is 0 Å². The van der Waals surface area contributed by atoms with Gasteiger partial charge in [-0.1, -0.05) is 47.2 Å². The number of hydrogen-bond acceptors (Lipinski definition) is 5. The number of thiazole rings is 1. The molecular formula is C21H21ClN2O4S. The number of carbonyl (C=O) groups is 1. The summed E-state index contributed by atoms with van der Waals surface area (Å²) in [6, 6.07) is 12.9. The van der Waals surface area contributed by atoms with Gasteiger partial charge in [0.05, 0.1) is 17.6 Å². The summed E-state index contributed by atoms with van der Waals surface area (Å²) in [4.78, 5) is 26.3. The van der Waals surface area contributed by atoms with Crippen molar-refractivity contribution >= 4 is 28.8 Å². The number of methoxy groups -OCH3 is 1. The van der Waals surface area contributed by atoms with Crippen LogP contribution in [0.3, 0.4) is 0 Å². The fourth-order valence-electron chi connectivity index (χ4n) is 2.93. The number of H-pyrrole nitrogens is 1. The third kappa shape index (κ3) is 5.62. The number of aromatic nitrogens is 1. The third-order valence-corrected chi connectivity index (χ3v) is 5.53. The predicted octanol–water partition coefficient (Wildman–Crippen LogP) is 3.76. The lowest BCUT2D eigenvalue weighted by Crippen LogP contribution is -2.25. The smallest absolute Gasteiger partial charge is 0.307 e. The number of carbonyl (C=O) groups excluding carboxylic acids is 1. The van der Waals surface area contributed by atoms with Gasteiger partial charge in [0.2, 0.25) is 5.88 Å². The van der Waals surface area contributed by atoms with Crippen LogP contribution < -0.4 is 14.9 Å². The van der Waals surface area contributed by atoms with E-state index in [0.29, 0.717) is 34.2 Å². The first-order valence-electron chi connectivity index (χ1n) is 9.07. The van der Waals surface area contributed by atoms with Gasteiger partial charge in [-0.3, -0.25) is 14.6 Å². The van der Waals surface area contributed by atoms with Crippen LogP contribution in [0.4, 0.5) is 0 Å². The summed E-state index contributed by atoms with van der Waals surface area (Å²) in [6.07, 6.45) is 2.11. The van der Waals surface area contributed by atoms with E-state index in [0.717, 1.165) is 35.3 Å². The molecular weight excluding hydrogens is 412 g/mol. The maximum Gasteiger partial charge on any atom is 0.307 e. The summed E-state index contributed by atoms with van der Waals surface area (Å²) in [6.45, 7) is 0.529. The Kier molecular flexibility index (Phi) is 6.95. The number of hydrogen-bond donors (Lipinski definition) is 3. The van der Waals surface area contributed by atoms with Gasteiger partial charge < -0.3 is 15.2 Å². The minimum absolute atomic E-state index is 0.0591. The number of nitrogens with one attached hydrogen (secondary N) is 2. The van der Waals surface area contributed by atoms with Gasteiger partial charge in [0.1, 0.15) is 5.75 Å². The van der Waals surface area contributed by atoms with Gasteiger partial charge in [0.25, 0.3) is 5.91 Å². The van der Waals surface area contributed by atoms with Gasteiger partial charge in [0.15, 0.2) is 0 Å². The Hall–Kier alpha value is -2.77. The predicted molar refractivity (Wildman–Crippen MR) is 115 cm³/mol. The number of halogens is 1. The van der Waals surface area contributed by atoms with Crippen LogP contribution in [-0.2, 0) is 12.8 Å². The van der Waals surface area contributed by atoms with Gasteiger partial charge in [-0.2, -0.15) is 0 Å². The lowest BCUT2D eigenvalue weighted by atomic mass is 10.1. The number of rotatable bonds is 8. The Morgan fingerprint density at radius 1 is 1.21 bits per heavy atom. The van der Waals surface area contributed by atoms with E-state index in [1.54, 1.807) is 18.2 Å². The van der Waals surface area contributed by atoms with E-state index in [9.17, 15) is 14.7 Å². The normalized spacial score (nSPS) is 10.7. The fourth-order valence-corrected chi connectivity index (χ4v) is 3.86. The monoisotopic (exact) mass is 432 g/mol. The first-order chi connectivity index (χ1) is 14.0. The van der Waals surface area contributed by atoms with Gasteiger partial charge in [-0.25, -0.2) is 0 Å². The van der Waals surface area contributed by atoms with Crippen LogP contribution in [0.15, 0.2) is 47.3 Å². The second-order valence-electron chi connectivity index (χ2n) is 6.48. The zero-order chi connectivity index (χ0) is 20.8. The fraction of sp³-hybridized carbons (Fsp3) is 0.238. The molecule has 1 aromatic heterocycles. The van der Waals surface area contributed by atoms with Crippen molar-refractivity contribution in [3.63, 3.8) is 0 Å². The topological polar surface area (TPSA) is 91.4 Å². The average Bonchev–Trinajstić information content (AvgIpc) is 3.03. The molecule has 0 saturated heterocycles. The van der Waals surface area contributed by atoms with Crippen LogP contribution >= 0.6 is 22.9 Å². The Morgan fingerprint density at radius 2 is 1.93 bits per heavy atom. The SMILES string of the molecule is COc1ccc(Cl)cc1C(=O)NCCCc1ccc(Cc2sc(=O)[nH]c2O)cc1. The summed E-state index contributed by atoms with van der Waals surface area (Å²) >= 11 is 6.98. The molecule has 0 saturated carbocycles. The van der Waals surface area contributed by atoms with Crippen molar-refractivity contribution in [3.05, 3.63) is 78.7 Å². The van der Waals surface area contributed by atoms with Crippen molar-refractivity contribution in [2.75, 3.05) is 13.7 Å². The van der Waals surface area contributed by atoms with Gasteiger partial charge in [-0.05, 0) is 42.2 Å². The van der Waals surface area contributed by atoms with Crippen molar-refractivity contribution < 1.29 is 14.6 Å². The lowest BCUT2D eigenvalue weighted by Gasteiger charge is -2.10. The third-order valence-electron chi connectivity index (χ3n) is 4.42. The van der Waals surface area contributed by atoms with Crippen LogP contribution in [0.25, 0.3) is 0 Å². The minimum atomic E-state index is -0.258. The maximum atomic E-state index is 12.3. The molecule has 0 atom stereocenters. The summed E-state index contributed by atoms with van der Waals surface area (Å²) in [5.74, 6) is 0.210. The van der Waals surface area contributed by atoms with E-state index in [4.69, 9.17) is 16.3 Å². The molecule has 0 fully saturated rings. The highest BCUT2D eigenvalue weighted by Gasteiger charge is 2.12. The van der Waals surface area contributed by atoms with Crippen molar-refractivity contribution in [2.45, 2.75) is 19.3 Å². The molecule has 3 aromatic rings. The molecule has 152 valence electrons. The molecule has 1 heterocycles. The molecule has 0 spiro atoms. The second-order valence-corrected chi connectivity index (χ2v) is 7.99. The van der Waals surface area contributed by atoms with Crippen LogP contribution in [0, 0.1) is 0 Å². The molecule has 0 radical (unpaired) electrons. The lowest BCUT2D eigenvalue weighted by molar-refractivity contribution is 0.0950. The molecule has 3 N–H and O–H groups in total. The highest BCUT2D eigenvalue weighted by Crippen LogP contribution is 2.23. The molecule has 6 nitrogen and oxygen atoms in total. The number of benzene rings is 2. The van der Waals surface area contributed by atoms with E-state index < -0.39 is 0 Å². The number of aromatic amines is 1. The number of ether oxygens (including phenoxy) is 1. The minimum Gasteiger partial charge on any atom is -0.496 e. The zero-order valence-electron chi connectivity index (χ0n) is 15.8. The van der Waals surface area contributed by atoms with Crippen molar-refractivity contribution in [3.8, 4) is 11.6 Å². The molecule has 0 bridgehead atoms. The van der Waals surface area contributed by atoms with Crippen LogP contribution in [0.1, 0.15) is 32.8 Å². The second kappa shape index (κ2) is 9.62. The van der Waals surface area contributed by atoms with E-state index in [1.807, 2.05) is 24.3 Å². The van der Waals surface area contributed by atoms with Gasteiger partial charge in [0, 0.05) is 18.0 Å². The zero-order valence-corrected chi connectivity index (χ0v) is 17.4. The Labute approximate surface area is 177 Å².